The van der Waals surface area contributed by atoms with E-state index in [1.807, 2.05) is 22.6 Å². The monoisotopic (exact) mass is 346 g/mol. The third-order valence-electron chi connectivity index (χ3n) is 5.37. The van der Waals surface area contributed by atoms with E-state index in [1.54, 1.807) is 6.07 Å². The van der Waals surface area contributed by atoms with E-state index < -0.39 is 0 Å². The number of hydrogen-bond donors (Lipinski definition) is 0. The van der Waals surface area contributed by atoms with Crippen LogP contribution in [-0.4, -0.2) is 59.8 Å². The number of amides is 1. The van der Waals surface area contributed by atoms with Gasteiger partial charge in [0, 0.05) is 33.2 Å². The highest BCUT2D eigenvalue weighted by molar-refractivity contribution is 5.82. The van der Waals surface area contributed by atoms with E-state index in [1.165, 1.54) is 6.07 Å². The lowest BCUT2D eigenvalue weighted by Crippen LogP contribution is -2.45. The molecule has 134 valence electrons. The number of hydrogen-bond acceptors (Lipinski definition) is 4. The minimum Gasteiger partial charge on any atom is -0.378 e. The Morgan fingerprint density at radius 2 is 2.04 bits per heavy atom. The van der Waals surface area contributed by atoms with Crippen molar-refractivity contribution >= 4 is 22.9 Å². The van der Waals surface area contributed by atoms with Gasteiger partial charge in [0.05, 0.1) is 24.6 Å². The molecule has 1 aromatic carbocycles. The van der Waals surface area contributed by atoms with E-state index in [-0.39, 0.29) is 23.6 Å². The summed E-state index contributed by atoms with van der Waals surface area (Å²) in [4.78, 5) is 21.4. The van der Waals surface area contributed by atoms with Crippen molar-refractivity contribution in [3.8, 4) is 0 Å². The SMILES string of the molecule is C[C@@H]1CN(c2nc3c(F)cccc3n2C)C[C@H]1C(=O)N1CCOCC1. The summed E-state index contributed by atoms with van der Waals surface area (Å²) in [5.74, 6) is 0.794. The number of benzene rings is 1. The highest BCUT2D eigenvalue weighted by atomic mass is 19.1. The minimum absolute atomic E-state index is 0.0530. The van der Waals surface area contributed by atoms with Crippen molar-refractivity contribution in [3.05, 3.63) is 24.0 Å². The molecule has 0 saturated carbocycles. The van der Waals surface area contributed by atoms with Crippen molar-refractivity contribution in [1.82, 2.24) is 14.5 Å². The van der Waals surface area contributed by atoms with Gasteiger partial charge in [0.2, 0.25) is 11.9 Å². The molecule has 0 aliphatic carbocycles. The van der Waals surface area contributed by atoms with Gasteiger partial charge in [-0.2, -0.15) is 0 Å². The van der Waals surface area contributed by atoms with Crippen LogP contribution in [-0.2, 0) is 16.6 Å². The van der Waals surface area contributed by atoms with Crippen molar-refractivity contribution < 1.29 is 13.9 Å². The molecule has 0 radical (unpaired) electrons. The van der Waals surface area contributed by atoms with E-state index in [2.05, 4.69) is 16.8 Å². The molecular formula is C18H23FN4O2. The number of aryl methyl sites for hydroxylation is 1. The number of halogens is 1. The van der Waals surface area contributed by atoms with Gasteiger partial charge in [-0.3, -0.25) is 4.79 Å². The molecule has 2 aliphatic rings. The fraction of sp³-hybridized carbons (Fsp3) is 0.556. The molecule has 2 fully saturated rings. The Morgan fingerprint density at radius 1 is 1.28 bits per heavy atom. The van der Waals surface area contributed by atoms with E-state index in [9.17, 15) is 9.18 Å². The summed E-state index contributed by atoms with van der Waals surface area (Å²) < 4.78 is 21.3. The van der Waals surface area contributed by atoms with Crippen LogP contribution in [0, 0.1) is 17.7 Å². The number of aromatic nitrogens is 2. The predicted octanol–water partition coefficient (Wildman–Crippen LogP) is 1.64. The van der Waals surface area contributed by atoms with Crippen molar-refractivity contribution in [1.29, 1.82) is 0 Å². The van der Waals surface area contributed by atoms with E-state index in [0.717, 1.165) is 18.0 Å². The molecule has 3 heterocycles. The average molecular weight is 346 g/mol. The molecule has 7 heteroatoms. The number of anilines is 1. The maximum absolute atomic E-state index is 14.0. The highest BCUT2D eigenvalue weighted by Crippen LogP contribution is 2.31. The highest BCUT2D eigenvalue weighted by Gasteiger charge is 2.39. The van der Waals surface area contributed by atoms with Crippen LogP contribution in [0.1, 0.15) is 6.92 Å². The summed E-state index contributed by atoms with van der Waals surface area (Å²) in [7, 11) is 1.89. The van der Waals surface area contributed by atoms with Gasteiger partial charge < -0.3 is 19.1 Å². The summed E-state index contributed by atoms with van der Waals surface area (Å²) in [5, 5.41) is 0. The second kappa shape index (κ2) is 6.29. The summed E-state index contributed by atoms with van der Waals surface area (Å²) >= 11 is 0. The Hall–Kier alpha value is -2.15. The molecule has 2 aromatic rings. The maximum Gasteiger partial charge on any atom is 0.227 e. The number of rotatable bonds is 2. The Balaban J connectivity index is 1.58. The predicted molar refractivity (Wildman–Crippen MR) is 92.9 cm³/mol. The number of carbonyl (C=O) groups excluding carboxylic acids is 1. The lowest BCUT2D eigenvalue weighted by Gasteiger charge is -2.30. The first-order valence-corrected chi connectivity index (χ1v) is 8.78. The third-order valence-corrected chi connectivity index (χ3v) is 5.37. The van der Waals surface area contributed by atoms with E-state index in [0.29, 0.717) is 38.4 Å². The quantitative estimate of drug-likeness (QED) is 0.830. The molecule has 0 N–H and O–H groups in total. The van der Waals surface area contributed by atoms with Crippen molar-refractivity contribution in [3.63, 3.8) is 0 Å². The number of nitrogens with zero attached hydrogens (tertiary/aromatic N) is 4. The zero-order valence-electron chi connectivity index (χ0n) is 14.6. The summed E-state index contributed by atoms with van der Waals surface area (Å²) in [5.41, 5.74) is 1.15. The molecule has 4 rings (SSSR count). The van der Waals surface area contributed by atoms with E-state index >= 15 is 0 Å². The molecule has 0 spiro atoms. The topological polar surface area (TPSA) is 50.6 Å². The normalized spacial score (nSPS) is 24.3. The van der Waals surface area contributed by atoms with Crippen LogP contribution in [0.3, 0.4) is 0 Å². The largest absolute Gasteiger partial charge is 0.378 e. The van der Waals surface area contributed by atoms with Crippen LogP contribution in [0.25, 0.3) is 11.0 Å². The van der Waals surface area contributed by atoms with Gasteiger partial charge in [-0.1, -0.05) is 13.0 Å². The standard InChI is InChI=1S/C18H23FN4O2/c1-12-10-23(11-13(12)17(24)22-6-8-25-9-7-22)18-20-16-14(19)4-3-5-15(16)21(18)2/h3-5,12-13H,6-11H2,1-2H3/t12-,13-/m1/s1. The minimum atomic E-state index is -0.312. The van der Waals surface area contributed by atoms with Gasteiger partial charge in [0.15, 0.2) is 5.82 Å². The number of imidazole rings is 1. The second-order valence-corrected chi connectivity index (χ2v) is 7.00. The molecule has 2 aliphatic heterocycles. The van der Waals surface area contributed by atoms with Crippen LogP contribution in [0.15, 0.2) is 18.2 Å². The Morgan fingerprint density at radius 3 is 2.76 bits per heavy atom. The van der Waals surface area contributed by atoms with Gasteiger partial charge in [-0.25, -0.2) is 9.37 Å². The number of carbonyl (C=O) groups is 1. The molecule has 2 atom stereocenters. The van der Waals surface area contributed by atoms with Crippen molar-refractivity contribution in [2.45, 2.75) is 6.92 Å². The molecule has 1 aromatic heterocycles. The van der Waals surface area contributed by atoms with Crippen LogP contribution in [0.4, 0.5) is 10.3 Å². The molecule has 2 saturated heterocycles. The van der Waals surface area contributed by atoms with Gasteiger partial charge in [-0.15, -0.1) is 0 Å². The summed E-state index contributed by atoms with van der Waals surface area (Å²) in [6, 6.07) is 4.99. The first-order valence-electron chi connectivity index (χ1n) is 8.78. The zero-order chi connectivity index (χ0) is 17.6. The molecular weight excluding hydrogens is 323 g/mol. The zero-order valence-corrected chi connectivity index (χ0v) is 14.6. The lowest BCUT2D eigenvalue weighted by molar-refractivity contribution is -0.140. The van der Waals surface area contributed by atoms with Gasteiger partial charge in [0.1, 0.15) is 5.52 Å². The molecule has 0 unspecified atom stereocenters. The van der Waals surface area contributed by atoms with Crippen molar-refractivity contribution in [2.24, 2.45) is 18.9 Å². The van der Waals surface area contributed by atoms with Crippen LogP contribution in [0.2, 0.25) is 0 Å². The molecule has 25 heavy (non-hydrogen) atoms. The number of ether oxygens (including phenoxy) is 1. The number of para-hydroxylation sites is 1. The Labute approximate surface area is 146 Å². The Bertz CT molecular complexity index is 800. The smallest absolute Gasteiger partial charge is 0.227 e. The van der Waals surface area contributed by atoms with Crippen LogP contribution in [0.5, 0.6) is 0 Å². The number of morpholine rings is 1. The van der Waals surface area contributed by atoms with Crippen LogP contribution < -0.4 is 4.90 Å². The fourth-order valence-electron chi connectivity index (χ4n) is 3.92. The maximum atomic E-state index is 14.0. The van der Waals surface area contributed by atoms with Gasteiger partial charge in [0.25, 0.3) is 0 Å². The Kier molecular flexibility index (Phi) is 4.11. The second-order valence-electron chi connectivity index (χ2n) is 7.00. The van der Waals surface area contributed by atoms with Crippen molar-refractivity contribution in [2.75, 3.05) is 44.3 Å². The third kappa shape index (κ3) is 2.76. The van der Waals surface area contributed by atoms with Crippen LogP contribution >= 0.6 is 0 Å². The fourth-order valence-corrected chi connectivity index (χ4v) is 3.92. The molecule has 1 amide bonds. The van der Waals surface area contributed by atoms with Gasteiger partial charge >= 0.3 is 0 Å². The summed E-state index contributed by atoms with van der Waals surface area (Å²) in [6.07, 6.45) is 0. The molecule has 0 bridgehead atoms. The number of fused-ring (bicyclic) bond motifs is 1. The average Bonchev–Trinajstić information content (AvgIpc) is 3.17. The summed E-state index contributed by atoms with van der Waals surface area (Å²) in [6.45, 7) is 6.03. The lowest BCUT2D eigenvalue weighted by atomic mass is 9.96. The first kappa shape index (κ1) is 16.3. The molecule has 6 nitrogen and oxygen atoms in total. The first-order chi connectivity index (χ1) is 12.1. The van der Waals surface area contributed by atoms with Gasteiger partial charge in [-0.05, 0) is 18.1 Å². The van der Waals surface area contributed by atoms with E-state index in [4.69, 9.17) is 4.74 Å².